The van der Waals surface area contributed by atoms with Gasteiger partial charge in [0.1, 0.15) is 0 Å². The molecule has 0 unspecified atom stereocenters. The number of hydrogen-bond acceptors (Lipinski definition) is 2. The normalized spacial score (nSPS) is 21.1. The van der Waals surface area contributed by atoms with Crippen LogP contribution in [0.4, 0.5) is 4.79 Å². The Hall–Kier alpha value is -1.84. The van der Waals surface area contributed by atoms with Crippen LogP contribution in [-0.2, 0) is 5.41 Å². The van der Waals surface area contributed by atoms with Crippen LogP contribution >= 0.6 is 0 Å². The molecule has 4 heteroatoms. The van der Waals surface area contributed by atoms with E-state index in [0.717, 1.165) is 24.0 Å². The molecule has 0 bridgehead atoms. The first kappa shape index (κ1) is 11.3. The summed E-state index contributed by atoms with van der Waals surface area (Å²) in [6.07, 6.45) is 1.19. The lowest BCUT2D eigenvalue weighted by atomic mass is 9.74. The number of carbonyl (C=O) groups excluding carboxylic acids is 1. The molecule has 1 aliphatic heterocycles. The Morgan fingerprint density at radius 1 is 1.22 bits per heavy atom. The van der Waals surface area contributed by atoms with E-state index in [-0.39, 0.29) is 11.2 Å². The Morgan fingerprint density at radius 3 is 2.56 bits per heavy atom. The van der Waals surface area contributed by atoms with Crippen LogP contribution in [0.25, 0.3) is 0 Å². The average Bonchev–Trinajstić information content (AvgIpc) is 2.64. The highest BCUT2D eigenvalue weighted by atomic mass is 16.4. The van der Waals surface area contributed by atoms with Crippen molar-refractivity contribution in [3.05, 3.63) is 35.4 Å². The smallest absolute Gasteiger partial charge is 0.407 e. The van der Waals surface area contributed by atoms with Gasteiger partial charge in [-0.1, -0.05) is 24.3 Å². The summed E-state index contributed by atoms with van der Waals surface area (Å²) in [5.74, 6) is 0.203. The zero-order valence-electron chi connectivity index (χ0n) is 10.1. The number of likely N-dealkylation sites (tertiary alicyclic amines) is 1. The minimum atomic E-state index is -0.859. The molecule has 0 aromatic heterocycles. The van der Waals surface area contributed by atoms with E-state index >= 15 is 0 Å². The Kier molecular flexibility index (Phi) is 2.40. The van der Waals surface area contributed by atoms with Gasteiger partial charge in [0.15, 0.2) is 5.78 Å². The molecule has 94 valence electrons. The molecule has 1 N–H and O–H groups in total. The van der Waals surface area contributed by atoms with E-state index in [4.69, 9.17) is 5.11 Å². The molecule has 18 heavy (non-hydrogen) atoms. The molecular formula is C14H15NO3. The van der Waals surface area contributed by atoms with Crippen molar-refractivity contribution in [3.8, 4) is 0 Å². The highest BCUT2D eigenvalue weighted by Crippen LogP contribution is 2.45. The number of carboxylic acid groups (broad SMARTS) is 1. The van der Waals surface area contributed by atoms with Crippen LogP contribution in [0.2, 0.25) is 0 Å². The first-order chi connectivity index (χ1) is 8.62. The van der Waals surface area contributed by atoms with E-state index in [9.17, 15) is 9.59 Å². The van der Waals surface area contributed by atoms with E-state index in [1.807, 2.05) is 24.3 Å². The number of hydrogen-bond donors (Lipinski definition) is 1. The Morgan fingerprint density at radius 2 is 1.89 bits per heavy atom. The van der Waals surface area contributed by atoms with Crippen LogP contribution in [0.1, 0.15) is 35.2 Å². The van der Waals surface area contributed by atoms with Gasteiger partial charge in [0.25, 0.3) is 0 Å². The zero-order valence-corrected chi connectivity index (χ0v) is 10.1. The third-order valence-corrected chi connectivity index (χ3v) is 4.29. The molecule has 2 aliphatic rings. The van der Waals surface area contributed by atoms with Gasteiger partial charge in [0.05, 0.1) is 0 Å². The Bertz CT molecular complexity index is 516. The van der Waals surface area contributed by atoms with E-state index in [1.165, 1.54) is 4.90 Å². The maximum atomic E-state index is 12.0. The predicted molar refractivity (Wildman–Crippen MR) is 65.9 cm³/mol. The number of benzene rings is 1. The standard InChI is InChI=1S/C14H15NO3/c16-12-9-14(11-4-2-1-3-10(11)12)5-7-15(8-6-14)13(17)18/h1-4H,5-9H2,(H,17,18). The number of amides is 1. The molecule has 0 saturated carbocycles. The second-order valence-corrected chi connectivity index (χ2v) is 5.20. The molecular weight excluding hydrogens is 230 g/mol. The number of fused-ring (bicyclic) bond motifs is 2. The van der Waals surface area contributed by atoms with Crippen LogP contribution in [-0.4, -0.2) is 35.0 Å². The number of rotatable bonds is 0. The number of nitrogens with zero attached hydrogens (tertiary/aromatic N) is 1. The quantitative estimate of drug-likeness (QED) is 0.763. The first-order valence-electron chi connectivity index (χ1n) is 6.23. The lowest BCUT2D eigenvalue weighted by Crippen LogP contribution is -2.43. The van der Waals surface area contributed by atoms with Gasteiger partial charge in [-0.2, -0.15) is 0 Å². The molecule has 4 nitrogen and oxygen atoms in total. The van der Waals surface area contributed by atoms with Crippen LogP contribution in [0.5, 0.6) is 0 Å². The molecule has 1 aromatic carbocycles. The van der Waals surface area contributed by atoms with Crippen molar-refractivity contribution in [1.82, 2.24) is 4.90 Å². The number of carbonyl (C=O) groups is 2. The van der Waals surface area contributed by atoms with Gasteiger partial charge >= 0.3 is 6.09 Å². The summed E-state index contributed by atoms with van der Waals surface area (Å²) in [6, 6.07) is 7.76. The monoisotopic (exact) mass is 245 g/mol. The van der Waals surface area contributed by atoms with Crippen molar-refractivity contribution >= 4 is 11.9 Å². The minimum Gasteiger partial charge on any atom is -0.465 e. The summed E-state index contributed by atoms with van der Waals surface area (Å²) in [4.78, 5) is 24.4. The van der Waals surface area contributed by atoms with Crippen molar-refractivity contribution in [2.75, 3.05) is 13.1 Å². The molecule has 1 spiro atoms. The molecule has 1 amide bonds. The molecule has 0 radical (unpaired) electrons. The second-order valence-electron chi connectivity index (χ2n) is 5.20. The van der Waals surface area contributed by atoms with Gasteiger partial charge in [0, 0.05) is 30.5 Å². The fourth-order valence-electron chi connectivity index (χ4n) is 3.26. The third kappa shape index (κ3) is 1.52. The van der Waals surface area contributed by atoms with Crippen LogP contribution in [0.3, 0.4) is 0 Å². The topological polar surface area (TPSA) is 57.6 Å². The molecule has 1 aromatic rings. The van der Waals surface area contributed by atoms with Crippen molar-refractivity contribution in [2.45, 2.75) is 24.7 Å². The van der Waals surface area contributed by atoms with Crippen LogP contribution in [0, 0.1) is 0 Å². The van der Waals surface area contributed by atoms with Crippen molar-refractivity contribution in [1.29, 1.82) is 0 Å². The van der Waals surface area contributed by atoms with Gasteiger partial charge < -0.3 is 10.0 Å². The lowest BCUT2D eigenvalue weighted by Gasteiger charge is -2.38. The molecule has 0 atom stereocenters. The van der Waals surface area contributed by atoms with Gasteiger partial charge in [-0.25, -0.2) is 4.79 Å². The molecule has 3 rings (SSSR count). The predicted octanol–water partition coefficient (Wildman–Crippen LogP) is 2.28. The maximum absolute atomic E-state index is 12.0. The fourth-order valence-corrected chi connectivity index (χ4v) is 3.26. The summed E-state index contributed by atoms with van der Waals surface area (Å²) >= 11 is 0. The highest BCUT2D eigenvalue weighted by Gasteiger charge is 2.45. The van der Waals surface area contributed by atoms with E-state index in [1.54, 1.807) is 0 Å². The summed E-state index contributed by atoms with van der Waals surface area (Å²) in [6.45, 7) is 1.05. The fraction of sp³-hybridized carbons (Fsp3) is 0.429. The number of Topliss-reactive ketones (excluding diaryl/α,β-unsaturated/α-hetero) is 1. The van der Waals surface area contributed by atoms with Gasteiger partial charge in [-0.3, -0.25) is 4.79 Å². The van der Waals surface area contributed by atoms with Gasteiger partial charge in [0.2, 0.25) is 0 Å². The highest BCUT2D eigenvalue weighted by molar-refractivity contribution is 6.02. The Labute approximate surface area is 105 Å². The van der Waals surface area contributed by atoms with E-state index < -0.39 is 6.09 Å². The lowest BCUT2D eigenvalue weighted by molar-refractivity contribution is 0.0924. The van der Waals surface area contributed by atoms with Crippen LogP contribution < -0.4 is 0 Å². The van der Waals surface area contributed by atoms with Crippen molar-refractivity contribution in [3.63, 3.8) is 0 Å². The molecule has 1 aliphatic carbocycles. The van der Waals surface area contributed by atoms with Crippen LogP contribution in [0.15, 0.2) is 24.3 Å². The largest absolute Gasteiger partial charge is 0.465 e. The summed E-state index contributed by atoms with van der Waals surface area (Å²) < 4.78 is 0. The minimum absolute atomic E-state index is 0.111. The first-order valence-corrected chi connectivity index (χ1v) is 6.23. The van der Waals surface area contributed by atoms with Crippen molar-refractivity contribution in [2.24, 2.45) is 0 Å². The average molecular weight is 245 g/mol. The second kappa shape index (κ2) is 3.83. The SMILES string of the molecule is O=C1CC2(CCN(C(=O)O)CC2)c2ccccc21. The zero-order chi connectivity index (χ0) is 12.8. The maximum Gasteiger partial charge on any atom is 0.407 e. The van der Waals surface area contributed by atoms with Crippen molar-refractivity contribution < 1.29 is 14.7 Å². The summed E-state index contributed by atoms with van der Waals surface area (Å²) in [5.41, 5.74) is 1.85. The summed E-state index contributed by atoms with van der Waals surface area (Å²) in [7, 11) is 0. The van der Waals surface area contributed by atoms with Gasteiger partial charge in [-0.15, -0.1) is 0 Å². The number of ketones is 1. The van der Waals surface area contributed by atoms with E-state index in [0.29, 0.717) is 19.5 Å². The number of piperidine rings is 1. The molecule has 1 fully saturated rings. The van der Waals surface area contributed by atoms with Gasteiger partial charge in [-0.05, 0) is 18.4 Å². The molecule has 1 saturated heterocycles. The summed E-state index contributed by atoms with van der Waals surface area (Å²) in [5, 5.41) is 8.98. The Balaban J connectivity index is 1.91. The third-order valence-electron chi connectivity index (χ3n) is 4.29. The molecule has 1 heterocycles. The van der Waals surface area contributed by atoms with E-state index in [2.05, 4.69) is 0 Å².